The second-order valence-electron chi connectivity index (χ2n) is 6.21. The Labute approximate surface area is 163 Å². The number of aliphatic hydroxyl groups is 2. The van der Waals surface area contributed by atoms with Crippen LogP contribution in [-0.2, 0) is 4.79 Å². The maximum absolute atomic E-state index is 12.1. The van der Waals surface area contributed by atoms with Gasteiger partial charge in [0.1, 0.15) is 22.6 Å². The van der Waals surface area contributed by atoms with Crippen molar-refractivity contribution >= 4 is 28.5 Å². The molecule has 1 heterocycles. The Morgan fingerprint density at radius 1 is 1.07 bits per heavy atom. The summed E-state index contributed by atoms with van der Waals surface area (Å²) in [5.74, 6) is -4.10. The van der Waals surface area contributed by atoms with Crippen molar-refractivity contribution in [1.82, 2.24) is 0 Å². The number of phenols is 1. The first kappa shape index (κ1) is 19.7. The number of hydrogen-bond acceptors (Lipinski definition) is 8. The predicted molar refractivity (Wildman–Crippen MR) is 103 cm³/mol. The first-order valence-electron chi connectivity index (χ1n) is 8.42. The lowest BCUT2D eigenvalue weighted by Crippen LogP contribution is -2.15. The molecule has 0 aliphatic heterocycles. The maximum atomic E-state index is 12.1. The number of carbonyl (C=O) groups is 2. The Bertz CT molecular complexity index is 1230. The monoisotopic (exact) mass is 396 g/mol. The molecule has 3 N–H and O–H groups in total. The van der Waals surface area contributed by atoms with Crippen molar-refractivity contribution in [2.75, 3.05) is 0 Å². The molecule has 3 rings (SSSR count). The molecule has 0 fully saturated rings. The average Bonchev–Trinajstić information content (AvgIpc) is 2.66. The van der Waals surface area contributed by atoms with Gasteiger partial charge in [-0.2, -0.15) is 0 Å². The number of benzene rings is 2. The number of Topliss-reactive ketones (excluding diaryl/α,β-unsaturated/α-hetero) is 1. The number of phenolic OH excluding ortho intramolecular Hbond substituents is 1. The summed E-state index contributed by atoms with van der Waals surface area (Å²) < 4.78 is 10.1. The molecule has 0 atom stereocenters. The lowest BCUT2D eigenvalue weighted by molar-refractivity contribution is -0.133. The van der Waals surface area contributed by atoms with Crippen molar-refractivity contribution < 1.29 is 34.1 Å². The molecule has 0 spiro atoms. The minimum atomic E-state index is -1.29. The summed E-state index contributed by atoms with van der Waals surface area (Å²) in [5, 5.41) is 30.2. The van der Waals surface area contributed by atoms with E-state index in [0.717, 1.165) is 0 Å². The van der Waals surface area contributed by atoms with Gasteiger partial charge >= 0.3 is 11.6 Å². The number of esters is 1. The summed E-state index contributed by atoms with van der Waals surface area (Å²) >= 11 is 0. The molecule has 0 unspecified atom stereocenters. The molecule has 0 aliphatic rings. The van der Waals surface area contributed by atoms with E-state index in [0.29, 0.717) is 10.9 Å². The molecule has 8 heteroatoms. The zero-order chi connectivity index (χ0) is 21.3. The van der Waals surface area contributed by atoms with Crippen LogP contribution in [0.2, 0.25) is 0 Å². The number of carbonyl (C=O) groups excluding carboxylic acids is 2. The van der Waals surface area contributed by atoms with Crippen LogP contribution in [0.25, 0.3) is 16.7 Å². The van der Waals surface area contributed by atoms with Crippen LogP contribution in [0.4, 0.5) is 0 Å². The number of rotatable bonds is 4. The van der Waals surface area contributed by atoms with E-state index in [4.69, 9.17) is 9.15 Å². The van der Waals surface area contributed by atoms with Crippen LogP contribution in [-0.4, -0.2) is 27.1 Å². The largest absolute Gasteiger partial charge is 0.507 e. The molecule has 0 saturated heterocycles. The predicted octanol–water partition coefficient (Wildman–Crippen LogP) is 3.40. The highest BCUT2D eigenvalue weighted by molar-refractivity contribution is 5.99. The van der Waals surface area contributed by atoms with Gasteiger partial charge in [0.2, 0.25) is 5.76 Å². The van der Waals surface area contributed by atoms with Gasteiger partial charge < -0.3 is 24.5 Å². The Morgan fingerprint density at radius 2 is 1.76 bits per heavy atom. The van der Waals surface area contributed by atoms with Crippen LogP contribution in [0, 0.1) is 6.92 Å². The molecule has 8 nitrogen and oxygen atoms in total. The highest BCUT2D eigenvalue weighted by Crippen LogP contribution is 2.27. The van der Waals surface area contributed by atoms with Gasteiger partial charge in [0.25, 0.3) is 0 Å². The summed E-state index contributed by atoms with van der Waals surface area (Å²) in [7, 11) is 0. The molecule has 148 valence electrons. The summed E-state index contributed by atoms with van der Waals surface area (Å²) in [6.45, 7) is 2.86. The fraction of sp³-hybridized carbons (Fsp3) is 0.0952. The van der Waals surface area contributed by atoms with E-state index in [9.17, 15) is 29.7 Å². The summed E-state index contributed by atoms with van der Waals surface area (Å²) in [5.41, 5.74) is -0.516. The Balaban J connectivity index is 1.96. The van der Waals surface area contributed by atoms with E-state index in [1.54, 1.807) is 6.92 Å². The third kappa shape index (κ3) is 3.68. The molecular formula is C21H16O8. The van der Waals surface area contributed by atoms with Gasteiger partial charge in [-0.3, -0.25) is 4.79 Å². The highest BCUT2D eigenvalue weighted by Gasteiger charge is 2.21. The molecule has 1 aromatic heterocycles. The lowest BCUT2D eigenvalue weighted by atomic mass is 10.0. The molecule has 29 heavy (non-hydrogen) atoms. The van der Waals surface area contributed by atoms with E-state index in [2.05, 4.69) is 0 Å². The zero-order valence-electron chi connectivity index (χ0n) is 15.4. The highest BCUT2D eigenvalue weighted by atomic mass is 16.5. The third-order valence-electron chi connectivity index (χ3n) is 4.28. The van der Waals surface area contributed by atoms with Crippen LogP contribution in [0.5, 0.6) is 11.5 Å². The van der Waals surface area contributed by atoms with Crippen molar-refractivity contribution in [3.05, 3.63) is 75.3 Å². The number of aryl methyl sites for hydroxylation is 1. The molecule has 0 saturated carbocycles. The van der Waals surface area contributed by atoms with Gasteiger partial charge in [-0.05, 0) is 43.7 Å². The minimum Gasteiger partial charge on any atom is -0.507 e. The van der Waals surface area contributed by atoms with Crippen LogP contribution in [0.1, 0.15) is 28.4 Å². The van der Waals surface area contributed by atoms with E-state index >= 15 is 0 Å². The van der Waals surface area contributed by atoms with Crippen molar-refractivity contribution in [2.24, 2.45) is 0 Å². The maximum Gasteiger partial charge on any atom is 0.382 e. The summed E-state index contributed by atoms with van der Waals surface area (Å²) in [6, 6.07) is 9.68. The minimum absolute atomic E-state index is 0.0598. The lowest BCUT2D eigenvalue weighted by Gasteiger charge is -2.09. The van der Waals surface area contributed by atoms with Crippen molar-refractivity contribution in [1.29, 1.82) is 0 Å². The normalized spacial score (nSPS) is 11.8. The van der Waals surface area contributed by atoms with E-state index < -0.39 is 28.9 Å². The second kappa shape index (κ2) is 7.51. The molecule has 3 aromatic rings. The molecular weight excluding hydrogens is 380 g/mol. The Kier molecular flexibility index (Phi) is 5.10. The molecule has 0 bridgehead atoms. The van der Waals surface area contributed by atoms with Crippen LogP contribution in [0.3, 0.4) is 0 Å². The molecule has 0 aliphatic carbocycles. The number of ether oxygens (including phenoxy) is 1. The van der Waals surface area contributed by atoms with E-state index in [1.807, 2.05) is 0 Å². The van der Waals surface area contributed by atoms with Crippen molar-refractivity contribution in [2.45, 2.75) is 13.8 Å². The topological polar surface area (TPSA) is 134 Å². The Morgan fingerprint density at radius 3 is 2.41 bits per heavy atom. The number of ketones is 1. The van der Waals surface area contributed by atoms with Gasteiger partial charge in [0.05, 0.1) is 5.56 Å². The number of fused-ring (bicyclic) bond motifs is 1. The summed E-state index contributed by atoms with van der Waals surface area (Å²) in [6.07, 6.45) is 0. The quantitative estimate of drug-likeness (QED) is 0.153. The molecule has 2 aromatic carbocycles. The molecule has 0 amide bonds. The van der Waals surface area contributed by atoms with Gasteiger partial charge in [0.15, 0.2) is 11.5 Å². The third-order valence-corrected chi connectivity index (χ3v) is 4.28. The van der Waals surface area contributed by atoms with Gasteiger partial charge in [-0.1, -0.05) is 12.1 Å². The number of para-hydroxylation sites is 1. The van der Waals surface area contributed by atoms with Gasteiger partial charge in [-0.15, -0.1) is 0 Å². The van der Waals surface area contributed by atoms with E-state index in [-0.39, 0.29) is 28.2 Å². The van der Waals surface area contributed by atoms with Crippen LogP contribution >= 0.6 is 0 Å². The Hall–Kier alpha value is -4.07. The average molecular weight is 396 g/mol. The fourth-order valence-corrected chi connectivity index (χ4v) is 2.86. The molecule has 0 radical (unpaired) electrons. The van der Waals surface area contributed by atoms with Crippen LogP contribution < -0.4 is 10.4 Å². The standard InChI is InChI=1S/C21H16O8/c1-10-13-8-7-12(9-16(13)29-20(26)17(10)11(2)22)28-21(27)19(25)18(24)14-5-3-4-6-15(14)23/h3-9,23-25H,1-2H3. The SMILES string of the molecule is CC(=O)c1c(C)c2ccc(OC(=O)C(O)=C(O)c3ccccc3O)cc2oc1=O. The van der Waals surface area contributed by atoms with Gasteiger partial charge in [-0.25, -0.2) is 9.59 Å². The van der Waals surface area contributed by atoms with E-state index in [1.165, 1.54) is 49.4 Å². The van der Waals surface area contributed by atoms with Crippen LogP contribution in [0.15, 0.2) is 57.4 Å². The van der Waals surface area contributed by atoms with Gasteiger partial charge in [0, 0.05) is 11.5 Å². The number of hydrogen-bond donors (Lipinski definition) is 3. The number of aliphatic hydroxyl groups excluding tert-OH is 2. The first-order chi connectivity index (χ1) is 13.7. The smallest absolute Gasteiger partial charge is 0.382 e. The zero-order valence-corrected chi connectivity index (χ0v) is 15.4. The fourth-order valence-electron chi connectivity index (χ4n) is 2.86. The summed E-state index contributed by atoms with van der Waals surface area (Å²) in [4.78, 5) is 35.8. The first-order valence-corrected chi connectivity index (χ1v) is 8.42. The van der Waals surface area contributed by atoms with Crippen molar-refractivity contribution in [3.8, 4) is 11.5 Å². The van der Waals surface area contributed by atoms with Crippen molar-refractivity contribution in [3.63, 3.8) is 0 Å². The number of aromatic hydroxyl groups is 1. The second-order valence-corrected chi connectivity index (χ2v) is 6.21.